The van der Waals surface area contributed by atoms with Crippen LogP contribution in [0.2, 0.25) is 0 Å². The molecule has 0 aliphatic carbocycles. The fraction of sp³-hybridized carbons (Fsp3) is 0.333. The number of nitrogens with zero attached hydrogens (tertiary/aromatic N) is 4. The molecule has 1 aliphatic heterocycles. The zero-order valence-electron chi connectivity index (χ0n) is 23.0. The third-order valence-corrected chi connectivity index (χ3v) is 7.51. The van der Waals surface area contributed by atoms with Crippen molar-refractivity contribution in [1.82, 2.24) is 25.0 Å². The van der Waals surface area contributed by atoms with Gasteiger partial charge in [-0.2, -0.15) is 31.4 Å². The lowest BCUT2D eigenvalue weighted by molar-refractivity contribution is -0.141. The average molecular weight is 604 g/mol. The average Bonchev–Trinajstić information content (AvgIpc) is 3.39. The largest absolute Gasteiger partial charge is 0.433 e. The molecule has 226 valence electrons. The van der Waals surface area contributed by atoms with Crippen LogP contribution in [0, 0.1) is 6.92 Å². The highest BCUT2D eigenvalue weighted by Crippen LogP contribution is 2.30. The van der Waals surface area contributed by atoms with Crippen LogP contribution in [0.25, 0.3) is 22.0 Å². The second-order valence-corrected chi connectivity index (χ2v) is 10.5. The molecular formula is C30H27F6N5O2. The quantitative estimate of drug-likeness (QED) is 0.258. The fourth-order valence-electron chi connectivity index (χ4n) is 5.27. The molecule has 1 fully saturated rings. The van der Waals surface area contributed by atoms with Gasteiger partial charge in [-0.25, -0.2) is 0 Å². The van der Waals surface area contributed by atoms with Crippen molar-refractivity contribution in [3.05, 3.63) is 83.3 Å². The van der Waals surface area contributed by atoms with Crippen LogP contribution in [0.4, 0.5) is 26.3 Å². The van der Waals surface area contributed by atoms with Crippen molar-refractivity contribution in [3.8, 4) is 11.1 Å². The predicted octanol–water partition coefficient (Wildman–Crippen LogP) is 6.41. The number of likely N-dealkylation sites (tertiary alicyclic amines) is 1. The lowest BCUT2D eigenvalue weighted by Gasteiger charge is -2.35. The Labute approximate surface area is 242 Å². The van der Waals surface area contributed by atoms with E-state index in [9.17, 15) is 35.9 Å². The Bertz CT molecular complexity index is 1630. The van der Waals surface area contributed by atoms with E-state index < -0.39 is 30.5 Å². The van der Waals surface area contributed by atoms with E-state index in [2.05, 4.69) is 10.1 Å². The van der Waals surface area contributed by atoms with E-state index in [1.165, 1.54) is 12.1 Å². The second kappa shape index (κ2) is 11.7. The summed E-state index contributed by atoms with van der Waals surface area (Å²) < 4.78 is 77.8. The molecule has 7 nitrogen and oxygen atoms in total. The number of benzene rings is 2. The smallest absolute Gasteiger partial charge is 0.343 e. The van der Waals surface area contributed by atoms with Gasteiger partial charge in [0.2, 0.25) is 0 Å². The second-order valence-electron chi connectivity index (χ2n) is 10.5. The molecule has 0 bridgehead atoms. The predicted molar refractivity (Wildman–Crippen MR) is 146 cm³/mol. The van der Waals surface area contributed by atoms with E-state index in [1.54, 1.807) is 53.0 Å². The van der Waals surface area contributed by atoms with Gasteiger partial charge in [0.15, 0.2) is 0 Å². The third-order valence-electron chi connectivity index (χ3n) is 7.51. The number of piperidine rings is 1. The molecule has 0 radical (unpaired) electrons. The first-order valence-electron chi connectivity index (χ1n) is 13.6. The van der Waals surface area contributed by atoms with Crippen LogP contribution >= 0.6 is 0 Å². The number of hydrogen-bond donors (Lipinski definition) is 1. The van der Waals surface area contributed by atoms with Crippen molar-refractivity contribution in [2.45, 2.75) is 51.1 Å². The molecule has 0 saturated carbocycles. The van der Waals surface area contributed by atoms with Crippen LogP contribution in [0.5, 0.6) is 0 Å². The van der Waals surface area contributed by atoms with Crippen molar-refractivity contribution in [2.75, 3.05) is 13.1 Å². The van der Waals surface area contributed by atoms with Crippen molar-refractivity contribution >= 4 is 22.7 Å². The Morgan fingerprint density at radius 1 is 0.953 bits per heavy atom. The molecule has 13 heteroatoms. The van der Waals surface area contributed by atoms with Crippen LogP contribution in [0.3, 0.4) is 0 Å². The highest BCUT2D eigenvalue weighted by Gasteiger charge is 2.32. The highest BCUT2D eigenvalue weighted by molar-refractivity contribution is 6.00. The zero-order chi connectivity index (χ0) is 30.9. The number of rotatable bonds is 6. The Morgan fingerprint density at radius 2 is 1.67 bits per heavy atom. The van der Waals surface area contributed by atoms with Gasteiger partial charge in [-0.05, 0) is 67.6 Å². The number of pyridine rings is 1. The maximum absolute atomic E-state index is 13.5. The number of fused-ring (bicyclic) bond motifs is 1. The summed E-state index contributed by atoms with van der Waals surface area (Å²) in [6, 6.07) is 11.7. The van der Waals surface area contributed by atoms with Crippen LogP contribution in [0.1, 0.15) is 51.2 Å². The number of alkyl halides is 6. The summed E-state index contributed by atoms with van der Waals surface area (Å²) in [6.45, 7) is 1.14. The number of hydrogen-bond acceptors (Lipinski definition) is 4. The number of aromatic nitrogens is 3. The lowest BCUT2D eigenvalue weighted by Crippen LogP contribution is -2.45. The number of halogens is 6. The third kappa shape index (κ3) is 6.81. The van der Waals surface area contributed by atoms with Crippen molar-refractivity contribution in [2.24, 2.45) is 0 Å². The molecule has 1 aliphatic rings. The molecule has 1 unspecified atom stereocenters. The fourth-order valence-corrected chi connectivity index (χ4v) is 5.27. The maximum Gasteiger partial charge on any atom is 0.433 e. The lowest BCUT2D eigenvalue weighted by atomic mass is 9.99. The SMILES string of the molecule is Cc1c(C(=O)NCC(F)(F)F)ccc2nn(CC3CCCCN3C(=O)c3ccc(-c4ccc(C(F)(F)F)nc4)cc3)cc12. The van der Waals surface area contributed by atoms with Gasteiger partial charge in [0.05, 0.1) is 18.1 Å². The van der Waals surface area contributed by atoms with Gasteiger partial charge in [0.1, 0.15) is 12.2 Å². The van der Waals surface area contributed by atoms with Gasteiger partial charge in [-0.3, -0.25) is 19.3 Å². The maximum atomic E-state index is 13.5. The molecule has 2 amide bonds. The molecule has 5 rings (SSSR count). The minimum atomic E-state index is -4.53. The van der Waals surface area contributed by atoms with Crippen LogP contribution < -0.4 is 5.32 Å². The molecule has 4 aromatic rings. The number of carbonyl (C=O) groups excluding carboxylic acids is 2. The van der Waals surface area contributed by atoms with E-state index in [-0.39, 0.29) is 17.5 Å². The van der Waals surface area contributed by atoms with Gasteiger partial charge in [-0.1, -0.05) is 18.2 Å². The molecule has 1 atom stereocenters. The summed E-state index contributed by atoms with van der Waals surface area (Å²) >= 11 is 0. The zero-order valence-corrected chi connectivity index (χ0v) is 23.0. The first-order chi connectivity index (χ1) is 20.3. The van der Waals surface area contributed by atoms with E-state index in [0.717, 1.165) is 31.5 Å². The van der Waals surface area contributed by atoms with Gasteiger partial charge < -0.3 is 10.2 Å². The minimum absolute atomic E-state index is 0.126. The van der Waals surface area contributed by atoms with E-state index in [0.29, 0.717) is 46.2 Å². The topological polar surface area (TPSA) is 80.1 Å². The van der Waals surface area contributed by atoms with Crippen molar-refractivity contribution in [1.29, 1.82) is 0 Å². The summed E-state index contributed by atoms with van der Waals surface area (Å²) in [5.74, 6) is -1.01. The molecular weight excluding hydrogens is 576 g/mol. The summed E-state index contributed by atoms with van der Waals surface area (Å²) in [5.41, 5.74) is 1.78. The Balaban J connectivity index is 1.30. The normalized spacial score (nSPS) is 16.0. The van der Waals surface area contributed by atoms with E-state index >= 15 is 0 Å². The van der Waals surface area contributed by atoms with Gasteiger partial charge in [0.25, 0.3) is 11.8 Å². The van der Waals surface area contributed by atoms with Crippen LogP contribution in [-0.2, 0) is 12.7 Å². The van der Waals surface area contributed by atoms with Gasteiger partial charge in [0, 0.05) is 41.0 Å². The van der Waals surface area contributed by atoms with Gasteiger partial charge >= 0.3 is 12.4 Å². The number of amides is 2. The Morgan fingerprint density at radius 3 is 2.33 bits per heavy atom. The Hall–Kier alpha value is -4.42. The standard InChI is InChI=1S/C30H27F6N5O2/c1-18-23(27(42)38-17-29(31,32)33)10-11-25-24(18)16-40(39-25)15-22-4-2-3-13-41(22)28(43)20-7-5-19(6-8-20)21-9-12-26(37-14-21)30(34,35)36/h5-12,14,16,22H,2-4,13,15,17H2,1H3,(H,38,42). The molecule has 1 saturated heterocycles. The van der Waals surface area contributed by atoms with Crippen LogP contribution in [0.15, 0.2) is 60.9 Å². The molecule has 43 heavy (non-hydrogen) atoms. The molecule has 3 heterocycles. The van der Waals surface area contributed by atoms with Crippen LogP contribution in [-0.4, -0.2) is 56.8 Å². The summed E-state index contributed by atoms with van der Waals surface area (Å²) in [6.07, 6.45) is -3.69. The number of aryl methyl sites for hydroxylation is 1. The summed E-state index contributed by atoms with van der Waals surface area (Å²) in [4.78, 5) is 31.1. The first-order valence-corrected chi connectivity index (χ1v) is 13.6. The highest BCUT2D eigenvalue weighted by atomic mass is 19.4. The molecule has 0 spiro atoms. The molecule has 1 N–H and O–H groups in total. The van der Waals surface area contributed by atoms with Crippen molar-refractivity contribution < 1.29 is 35.9 Å². The Kier molecular flexibility index (Phi) is 8.17. The van der Waals surface area contributed by atoms with E-state index in [4.69, 9.17) is 0 Å². The monoisotopic (exact) mass is 603 g/mol. The summed E-state index contributed by atoms with van der Waals surface area (Å²) in [7, 11) is 0. The first kappa shape index (κ1) is 30.1. The molecule has 2 aromatic carbocycles. The minimum Gasteiger partial charge on any atom is -0.343 e. The number of nitrogens with one attached hydrogen (secondary N) is 1. The summed E-state index contributed by atoms with van der Waals surface area (Å²) in [5, 5.41) is 7.10. The molecule has 2 aromatic heterocycles. The van der Waals surface area contributed by atoms with E-state index in [1.807, 2.05) is 5.32 Å². The number of carbonyl (C=O) groups is 2. The van der Waals surface area contributed by atoms with Gasteiger partial charge in [-0.15, -0.1) is 0 Å². The van der Waals surface area contributed by atoms with Crippen molar-refractivity contribution in [3.63, 3.8) is 0 Å².